The molecular formula is C25H28N4S4. The summed E-state index contributed by atoms with van der Waals surface area (Å²) in [5, 5.41) is 5.64. The molecule has 0 bridgehead atoms. The lowest BCUT2D eigenvalue weighted by Crippen LogP contribution is -2.27. The highest BCUT2D eigenvalue weighted by Crippen LogP contribution is 2.51. The molecular weight excluding hydrogens is 485 g/mol. The van der Waals surface area contributed by atoms with E-state index < -0.39 is 0 Å². The molecule has 0 fully saturated rings. The van der Waals surface area contributed by atoms with Crippen LogP contribution in [0.15, 0.2) is 36.4 Å². The van der Waals surface area contributed by atoms with Crippen LogP contribution in [0.1, 0.15) is 37.4 Å². The van der Waals surface area contributed by atoms with Crippen LogP contribution < -0.4 is 22.5 Å². The Morgan fingerprint density at radius 3 is 1.55 bits per heavy atom. The van der Waals surface area contributed by atoms with Crippen molar-refractivity contribution in [3.8, 4) is 19.5 Å². The normalized spacial score (nSPS) is 12.8. The number of benzene rings is 1. The van der Waals surface area contributed by atoms with Gasteiger partial charge in [-0.2, -0.15) is 0 Å². The average Bonchev–Trinajstić information content (AvgIpc) is 3.50. The minimum Gasteiger partial charge on any atom is -0.397 e. The van der Waals surface area contributed by atoms with Crippen molar-refractivity contribution in [1.29, 1.82) is 0 Å². The summed E-state index contributed by atoms with van der Waals surface area (Å²) in [6, 6.07) is 13.1. The molecule has 0 atom stereocenters. The molecule has 0 saturated carbocycles. The summed E-state index contributed by atoms with van der Waals surface area (Å²) in [6.45, 7) is 8.18. The maximum atomic E-state index is 6.69. The zero-order chi connectivity index (χ0) is 23.7. The first-order valence-corrected chi connectivity index (χ1v) is 14.0. The van der Waals surface area contributed by atoms with Crippen LogP contribution in [0, 0.1) is 0 Å². The lowest BCUT2D eigenvalue weighted by atomic mass is 10.1. The van der Waals surface area contributed by atoms with Gasteiger partial charge < -0.3 is 22.5 Å². The molecule has 7 N–H and O–H groups in total. The number of rotatable bonds is 5. The molecule has 4 aromatic heterocycles. The number of anilines is 2. The van der Waals surface area contributed by atoms with Crippen molar-refractivity contribution in [2.24, 2.45) is 11.5 Å². The Kier molecular flexibility index (Phi) is 5.39. The van der Waals surface area contributed by atoms with Crippen molar-refractivity contribution >= 4 is 76.9 Å². The lowest BCUT2D eigenvalue weighted by molar-refractivity contribution is 0.567. The third-order valence-electron chi connectivity index (χ3n) is 5.72. The molecule has 8 heteroatoms. The average molecular weight is 513 g/mol. The number of hydrogen-bond acceptors (Lipinski definition) is 8. The molecule has 0 aliphatic rings. The summed E-state index contributed by atoms with van der Waals surface area (Å²) >= 11 is 7.16. The van der Waals surface area contributed by atoms with Crippen LogP contribution >= 0.6 is 45.3 Å². The van der Waals surface area contributed by atoms with Gasteiger partial charge >= 0.3 is 0 Å². The molecule has 0 radical (unpaired) electrons. The Morgan fingerprint density at radius 2 is 1.12 bits per heavy atom. The highest BCUT2D eigenvalue weighted by Gasteiger charge is 2.22. The molecule has 4 nitrogen and oxygen atoms in total. The summed E-state index contributed by atoms with van der Waals surface area (Å²) in [5.41, 5.74) is 20.5. The smallest absolute Gasteiger partial charge is 0.0667 e. The van der Waals surface area contributed by atoms with Crippen LogP contribution in [-0.4, -0.2) is 7.05 Å². The van der Waals surface area contributed by atoms with Gasteiger partial charge in [0.1, 0.15) is 0 Å². The van der Waals surface area contributed by atoms with Crippen LogP contribution in [0.3, 0.4) is 0 Å². The molecule has 0 aliphatic carbocycles. The Hall–Kier alpha value is -1.94. The summed E-state index contributed by atoms with van der Waals surface area (Å²) in [4.78, 5) is 7.30. The molecule has 33 heavy (non-hydrogen) atoms. The predicted octanol–water partition coefficient (Wildman–Crippen LogP) is 7.58. The van der Waals surface area contributed by atoms with Crippen LogP contribution in [0.4, 0.5) is 11.4 Å². The van der Waals surface area contributed by atoms with E-state index in [1.165, 1.54) is 44.0 Å². The quantitative estimate of drug-likeness (QED) is 0.144. The SMILES string of the molecule is CNc1c(N)c2cc(-c3ccc(C(C)(C)N)s3)sc2c2sc(-c3ccc(C(C)(C)N)s3)cc12. The van der Waals surface area contributed by atoms with Crippen LogP contribution in [0.5, 0.6) is 0 Å². The molecule has 0 aliphatic heterocycles. The molecule has 0 saturated heterocycles. The second kappa shape index (κ2) is 7.80. The standard InChI is InChI=1S/C25H28N4S4/c1-24(2,27)18-8-6-14(30-18)16-10-12-20(26)21(29-5)13-11-17(33-23(13)22(12)32-16)15-7-9-19(31-15)25(3,4)28/h6-11,29H,26-28H2,1-5H3. The number of thiophene rings is 4. The van der Waals surface area contributed by atoms with Gasteiger partial charge in [0.25, 0.3) is 0 Å². The third kappa shape index (κ3) is 3.88. The van der Waals surface area contributed by atoms with Gasteiger partial charge in [0.05, 0.1) is 20.8 Å². The van der Waals surface area contributed by atoms with E-state index in [2.05, 4.69) is 41.7 Å². The molecule has 1 aromatic carbocycles. The zero-order valence-electron chi connectivity index (χ0n) is 19.3. The Balaban J connectivity index is 1.70. The highest BCUT2D eigenvalue weighted by atomic mass is 32.1. The Labute approximate surface area is 210 Å². The van der Waals surface area contributed by atoms with E-state index in [1.54, 1.807) is 22.7 Å². The number of nitrogen functional groups attached to an aromatic ring is 1. The molecule has 4 heterocycles. The van der Waals surface area contributed by atoms with Gasteiger partial charge in [-0.25, -0.2) is 0 Å². The number of hydrogen-bond donors (Lipinski definition) is 4. The highest BCUT2D eigenvalue weighted by molar-refractivity contribution is 7.32. The summed E-state index contributed by atoms with van der Waals surface area (Å²) in [7, 11) is 1.94. The van der Waals surface area contributed by atoms with Gasteiger partial charge in [-0.15, -0.1) is 45.3 Å². The molecule has 5 aromatic rings. The molecule has 5 rings (SSSR count). The summed E-state index contributed by atoms with van der Waals surface area (Å²) < 4.78 is 2.51. The van der Waals surface area contributed by atoms with E-state index in [1.807, 2.05) is 57.4 Å². The van der Waals surface area contributed by atoms with Crippen molar-refractivity contribution in [3.63, 3.8) is 0 Å². The molecule has 0 unspecified atom stereocenters. The zero-order valence-corrected chi connectivity index (χ0v) is 22.6. The third-order valence-corrected chi connectivity index (χ3v) is 11.4. The largest absolute Gasteiger partial charge is 0.397 e. The second-order valence-electron chi connectivity index (χ2n) is 9.52. The first-order chi connectivity index (χ1) is 15.5. The van der Waals surface area contributed by atoms with Gasteiger partial charge in [-0.1, -0.05) is 0 Å². The van der Waals surface area contributed by atoms with E-state index in [0.717, 1.165) is 16.8 Å². The minimum atomic E-state index is -0.342. The first-order valence-electron chi connectivity index (χ1n) is 10.7. The number of nitrogens with two attached hydrogens (primary N) is 3. The molecule has 0 spiro atoms. The van der Waals surface area contributed by atoms with Crippen molar-refractivity contribution < 1.29 is 0 Å². The summed E-state index contributed by atoms with van der Waals surface area (Å²) in [6.07, 6.45) is 0. The number of nitrogens with one attached hydrogen (secondary N) is 1. The van der Waals surface area contributed by atoms with Crippen LogP contribution in [0.25, 0.3) is 39.7 Å². The minimum absolute atomic E-state index is 0.340. The Morgan fingerprint density at radius 1 is 0.667 bits per heavy atom. The number of fused-ring (bicyclic) bond motifs is 3. The van der Waals surface area contributed by atoms with E-state index >= 15 is 0 Å². The van der Waals surface area contributed by atoms with Crippen molar-refractivity contribution in [1.82, 2.24) is 0 Å². The fourth-order valence-corrected chi connectivity index (χ4v) is 8.63. The summed E-state index contributed by atoms with van der Waals surface area (Å²) in [5.74, 6) is 0. The van der Waals surface area contributed by atoms with Crippen LogP contribution in [-0.2, 0) is 11.1 Å². The molecule has 0 amide bonds. The van der Waals surface area contributed by atoms with Gasteiger partial charge in [0.15, 0.2) is 0 Å². The monoisotopic (exact) mass is 512 g/mol. The van der Waals surface area contributed by atoms with Crippen molar-refractivity contribution in [2.45, 2.75) is 38.8 Å². The predicted molar refractivity (Wildman–Crippen MR) is 152 cm³/mol. The van der Waals surface area contributed by atoms with Gasteiger partial charge in [0.2, 0.25) is 0 Å². The van der Waals surface area contributed by atoms with Crippen molar-refractivity contribution in [2.75, 3.05) is 18.1 Å². The van der Waals surface area contributed by atoms with E-state index in [9.17, 15) is 0 Å². The fourth-order valence-electron chi connectivity index (χ4n) is 3.93. The van der Waals surface area contributed by atoms with E-state index in [4.69, 9.17) is 17.2 Å². The maximum absolute atomic E-state index is 6.69. The fraction of sp³-hybridized carbons (Fsp3) is 0.280. The maximum Gasteiger partial charge on any atom is 0.0667 e. The van der Waals surface area contributed by atoms with E-state index in [-0.39, 0.29) is 11.1 Å². The molecule has 172 valence electrons. The first kappa shape index (κ1) is 22.8. The van der Waals surface area contributed by atoms with Crippen molar-refractivity contribution in [3.05, 3.63) is 46.2 Å². The van der Waals surface area contributed by atoms with E-state index in [0.29, 0.717) is 0 Å². The topological polar surface area (TPSA) is 90.1 Å². The van der Waals surface area contributed by atoms with Gasteiger partial charge in [-0.05, 0) is 64.1 Å². The lowest BCUT2D eigenvalue weighted by Gasteiger charge is -2.15. The van der Waals surface area contributed by atoms with Gasteiger partial charge in [0, 0.05) is 58.2 Å². The second-order valence-corrected chi connectivity index (χ2v) is 13.8. The Bertz CT molecular complexity index is 1480. The van der Waals surface area contributed by atoms with Crippen LogP contribution in [0.2, 0.25) is 0 Å². The van der Waals surface area contributed by atoms with Gasteiger partial charge in [-0.3, -0.25) is 0 Å².